The van der Waals surface area contributed by atoms with Gasteiger partial charge in [-0.15, -0.1) is 35.7 Å². The van der Waals surface area contributed by atoms with E-state index in [-0.39, 0.29) is 133 Å². The molecule has 29 nitrogen and oxygen atoms in total. The van der Waals surface area contributed by atoms with Crippen LogP contribution in [0.15, 0.2) is 77.6 Å². The zero-order valence-electron chi connectivity index (χ0n) is 54.2. The van der Waals surface area contributed by atoms with Gasteiger partial charge in [-0.2, -0.15) is 0 Å². The smallest absolute Gasteiger partial charge is 0.474 e. The maximum Gasteiger partial charge on any atom is 0.665 e. The number of amides is 3. The molecule has 0 radical (unpaired) electrons. The Labute approximate surface area is 643 Å². The number of aliphatic carboxylic acids is 2. The van der Waals surface area contributed by atoms with Gasteiger partial charge >= 0.3 is 46.8 Å². The van der Waals surface area contributed by atoms with Crippen LogP contribution in [0.5, 0.6) is 46.5 Å². The number of hydrogen-bond donors (Lipinski definition) is 7. The fourth-order valence-corrected chi connectivity index (χ4v) is 10.6. The quantitative estimate of drug-likeness (QED) is 0.0155. The van der Waals surface area contributed by atoms with Crippen LogP contribution >= 0.6 is 139 Å². The Morgan fingerprint density at radius 3 is 0.971 bits per heavy atom. The number of carboxylic acids is 2. The lowest BCUT2D eigenvalue weighted by Gasteiger charge is -2.13. The van der Waals surface area contributed by atoms with Crippen LogP contribution in [0.4, 0.5) is 22.7 Å². The summed E-state index contributed by atoms with van der Waals surface area (Å²) in [5.41, 5.74) is 8.97. The Morgan fingerprint density at radius 2 is 0.718 bits per heavy atom. The van der Waals surface area contributed by atoms with Crippen molar-refractivity contribution in [1.29, 1.82) is 0 Å². The van der Waals surface area contributed by atoms with Gasteiger partial charge in [-0.1, -0.05) is 183 Å². The molecule has 546 valence electrons. The monoisotopic (exact) mass is 1660 g/mol. The summed E-state index contributed by atoms with van der Waals surface area (Å²) in [6.45, 7) is 18.1. The average molecular weight is 1660 g/mol. The maximum atomic E-state index is 11.7. The fourth-order valence-electron chi connectivity index (χ4n) is 7.35. The number of carboxylic acid groups (broad SMARTS) is 2. The van der Waals surface area contributed by atoms with Crippen molar-refractivity contribution in [3.63, 3.8) is 0 Å². The van der Waals surface area contributed by atoms with E-state index in [1.54, 1.807) is 30.3 Å². The minimum Gasteiger partial charge on any atom is -0.474 e. The van der Waals surface area contributed by atoms with Crippen molar-refractivity contribution in [3.8, 4) is 46.5 Å². The summed E-state index contributed by atoms with van der Waals surface area (Å²) in [6.07, 6.45) is 0. The molecule has 0 unspecified atom stereocenters. The lowest BCUT2D eigenvalue weighted by molar-refractivity contribution is -0.361. The van der Waals surface area contributed by atoms with E-state index in [2.05, 4.69) is 84.3 Å². The zero-order chi connectivity index (χ0) is 77.6. The molecular weight excluding hydrogens is 1610 g/mol. The third-order valence-electron chi connectivity index (χ3n) is 12.2. The molecule has 8 aromatic rings. The normalized spacial score (nSPS) is 10.5. The van der Waals surface area contributed by atoms with Crippen molar-refractivity contribution in [1.82, 2.24) is 40.8 Å². The Hall–Kier alpha value is -8.69. The summed E-state index contributed by atoms with van der Waals surface area (Å²) in [6, 6.07) is 17.4. The van der Waals surface area contributed by atoms with Crippen LogP contribution in [0.1, 0.15) is 101 Å². The average Bonchev–Trinajstić information content (AvgIpc) is 0.854. The van der Waals surface area contributed by atoms with Gasteiger partial charge in [-0.3, -0.25) is 28.4 Å². The SMILES string of the molecule is C=[O+]C(=O)C(=O)Cl.CC(C)c1cc(Oc2c(Cl)cc(N)cc2Cl)nnc1Cl.CC(C)c1cc(Oc2c(Cl)cc(NC(=O)C(=O)O)cc2Cl)n[nH]c1=O.CC(C)c1cc(Oc2c(Cl)cc(NC(=O)C(=O)O)cc2Cl)nnc1Cl.COC(=O)C(=O)Nc1cc(Cl)c(Oc2cc(C(C)C)c(Cl)nn2)c(Cl)c1. The van der Waals surface area contributed by atoms with Gasteiger partial charge in [0, 0.05) is 52.6 Å². The number of nitrogens with zero attached hydrogens (tertiary/aromatic N) is 7. The first-order valence-electron chi connectivity index (χ1n) is 28.4. The molecule has 8 N–H and O–H groups in total. The number of nitrogens with one attached hydrogen (secondary N) is 4. The number of halogens is 12. The van der Waals surface area contributed by atoms with E-state index in [0.717, 1.165) is 23.8 Å². The number of aromatic nitrogens is 8. The van der Waals surface area contributed by atoms with Crippen LogP contribution in [0.3, 0.4) is 0 Å². The van der Waals surface area contributed by atoms with Crippen molar-refractivity contribution in [2.45, 2.75) is 79.1 Å². The third-order valence-corrected chi connectivity index (χ3v) is 15.5. The molecule has 0 aliphatic rings. The number of rotatable bonds is 16. The minimum absolute atomic E-state index is 0.0206. The number of methoxy groups -OCH3 is 1. The number of nitrogen functional groups attached to an aromatic ring is 1. The highest BCUT2D eigenvalue weighted by atomic mass is 35.5. The number of carbonyl (C=O) groups is 8. The predicted octanol–water partition coefficient (Wildman–Crippen LogP) is 16.4. The molecule has 0 spiro atoms. The molecule has 4 aromatic heterocycles. The number of benzene rings is 4. The number of anilines is 4. The molecule has 0 saturated carbocycles. The summed E-state index contributed by atoms with van der Waals surface area (Å²) in [5.74, 6) is -7.33. The van der Waals surface area contributed by atoms with Crippen LogP contribution in [0.25, 0.3) is 0 Å². The van der Waals surface area contributed by atoms with Gasteiger partial charge in [0.1, 0.15) is 0 Å². The van der Waals surface area contributed by atoms with E-state index in [1.165, 1.54) is 42.5 Å². The topological polar surface area (TPSA) is 420 Å². The molecule has 103 heavy (non-hydrogen) atoms. The second kappa shape index (κ2) is 40.4. The molecule has 0 bridgehead atoms. The van der Waals surface area contributed by atoms with Crippen LogP contribution in [-0.4, -0.2) is 112 Å². The Morgan fingerprint density at radius 1 is 0.447 bits per heavy atom. The summed E-state index contributed by atoms with van der Waals surface area (Å²) >= 11 is 71.3. The maximum absolute atomic E-state index is 11.7. The van der Waals surface area contributed by atoms with E-state index in [4.69, 9.17) is 163 Å². The first kappa shape index (κ1) is 86.7. The first-order valence-corrected chi connectivity index (χ1v) is 33.0. The van der Waals surface area contributed by atoms with E-state index >= 15 is 0 Å². The Bertz CT molecular complexity index is 4520. The number of carbonyl (C=O) groups excluding carboxylic acids is 7. The van der Waals surface area contributed by atoms with Crippen LogP contribution in [-0.2, 0) is 47.5 Å². The number of nitrogens with two attached hydrogens (primary N) is 1. The van der Waals surface area contributed by atoms with Gasteiger partial charge < -0.3 is 55.6 Å². The molecule has 4 heterocycles. The second-order valence-electron chi connectivity index (χ2n) is 21.1. The summed E-state index contributed by atoms with van der Waals surface area (Å²) in [7, 11) is 1.09. The third kappa shape index (κ3) is 26.5. The highest BCUT2D eigenvalue weighted by Crippen LogP contribution is 2.43. The van der Waals surface area contributed by atoms with Gasteiger partial charge in [0.25, 0.3) is 5.56 Å². The Kier molecular flexibility index (Phi) is 34.0. The van der Waals surface area contributed by atoms with Gasteiger partial charge in [0.15, 0.2) is 45.2 Å². The van der Waals surface area contributed by atoms with Gasteiger partial charge in [-0.05, 0) is 100 Å². The molecule has 0 atom stereocenters. The lowest BCUT2D eigenvalue weighted by Crippen LogP contribution is -2.23. The van der Waals surface area contributed by atoms with E-state index < -0.39 is 46.8 Å². The fraction of sp³-hybridized carbons (Fsp3) is 0.210. The first-order chi connectivity index (χ1) is 48.2. The lowest BCUT2D eigenvalue weighted by atomic mass is 10.1. The molecule has 0 saturated heterocycles. The van der Waals surface area contributed by atoms with Crippen LogP contribution in [0, 0.1) is 0 Å². The van der Waals surface area contributed by atoms with Crippen molar-refractivity contribution in [3.05, 3.63) is 161 Å². The summed E-state index contributed by atoms with van der Waals surface area (Å²) in [4.78, 5) is 97.2. The molecule has 3 amide bonds. The van der Waals surface area contributed by atoms with Gasteiger partial charge in [-0.25, -0.2) is 19.5 Å². The number of H-pyrrole nitrogens is 1. The number of ether oxygens (including phenoxy) is 5. The largest absolute Gasteiger partial charge is 0.665 e. The highest BCUT2D eigenvalue weighted by molar-refractivity contribution is 6.79. The second-order valence-corrected chi connectivity index (χ2v) is 25.8. The highest BCUT2D eigenvalue weighted by Gasteiger charge is 2.24. The zero-order valence-corrected chi connectivity index (χ0v) is 63.3. The van der Waals surface area contributed by atoms with Gasteiger partial charge in [0.2, 0.25) is 23.5 Å². The predicted molar refractivity (Wildman–Crippen MR) is 389 cm³/mol. The summed E-state index contributed by atoms with van der Waals surface area (Å²) in [5, 5.41) is 53.6. The molecule has 8 rings (SSSR count). The Balaban J connectivity index is 0.000000283. The van der Waals surface area contributed by atoms with Crippen molar-refractivity contribution in [2.24, 2.45) is 0 Å². The number of hydrogen-bond acceptors (Lipinski definition) is 22. The standard InChI is InChI=1S/C16H14Cl3N3O4.C15H12Cl3N3O4.C15H13Cl2N3O5.C13H12Cl3N3O.C3H2ClO3/c1-7(2)9-6-12(21-22-14(9)19)26-13-10(17)4-8(5-11(13)18)20-15(23)16(24)25-3;1-6(2)8-5-11(20-21-13(8)18)25-12-9(16)3-7(4-10(12)17)19-14(22)15(23)24;1-6(2)8-5-11(19-20-13(8)21)25-12-9(16)3-7(4-10(12)17)18-14(22)15(23)24;1-6(2)8-5-11(18-19-13(8)16)20-12-9(14)3-7(17)4-10(12)15;1-7-3(6)2(4)5/h4-7H,1-3H3,(H,20,23);3-6H,1-2H3,(H,19,22)(H,23,24);3-6H,1-2H3,(H,18,22)(H,20,21)(H,23,24);3-6H,17H2,1-2H3;1H2/q;;;;+1. The molecule has 0 fully saturated rings. The van der Waals surface area contributed by atoms with E-state index in [1.807, 2.05) is 55.4 Å². The molecular formula is C62H53Cl12N12O17+. The van der Waals surface area contributed by atoms with E-state index in [0.29, 0.717) is 26.4 Å². The number of esters is 1. The van der Waals surface area contributed by atoms with Gasteiger partial charge in [0.05, 0.1) is 52.1 Å². The summed E-state index contributed by atoms with van der Waals surface area (Å²) < 4.78 is 30.3. The van der Waals surface area contributed by atoms with Crippen molar-refractivity contribution < 1.29 is 76.7 Å². The molecule has 0 aliphatic carbocycles. The molecule has 41 heteroatoms. The van der Waals surface area contributed by atoms with Crippen LogP contribution < -0.4 is 46.2 Å². The molecule has 0 aliphatic heterocycles. The van der Waals surface area contributed by atoms with E-state index in [9.17, 15) is 43.2 Å². The van der Waals surface area contributed by atoms with Crippen molar-refractivity contribution in [2.75, 3.05) is 28.8 Å². The van der Waals surface area contributed by atoms with Crippen LogP contribution in [0.2, 0.25) is 55.6 Å². The number of aromatic amines is 1. The minimum atomic E-state index is -1.65. The molecule has 4 aromatic carbocycles. The van der Waals surface area contributed by atoms with Crippen molar-refractivity contribution >= 4 is 216 Å².